The van der Waals surface area contributed by atoms with E-state index in [2.05, 4.69) is 27.1 Å². The largest absolute Gasteiger partial charge is 0.464 e. The molecular formula is C14H19N5O2. The quantitative estimate of drug-likeness (QED) is 0.807. The van der Waals surface area contributed by atoms with Crippen LogP contribution in [0.5, 0.6) is 0 Å². The van der Waals surface area contributed by atoms with E-state index >= 15 is 0 Å². The maximum Gasteiger partial charge on any atom is 0.356 e. The highest BCUT2D eigenvalue weighted by molar-refractivity contribution is 5.88. The van der Waals surface area contributed by atoms with Crippen molar-refractivity contribution in [3.8, 4) is 0 Å². The molecule has 0 aliphatic carbocycles. The summed E-state index contributed by atoms with van der Waals surface area (Å²) < 4.78 is 6.43. The first-order valence-electron chi connectivity index (χ1n) is 6.65. The summed E-state index contributed by atoms with van der Waals surface area (Å²) in [6, 6.07) is 3.17. The van der Waals surface area contributed by atoms with E-state index in [1.165, 1.54) is 13.2 Å². The third-order valence-electron chi connectivity index (χ3n) is 3.09. The van der Waals surface area contributed by atoms with Gasteiger partial charge in [0.2, 0.25) is 0 Å². The zero-order valence-corrected chi connectivity index (χ0v) is 12.4. The van der Waals surface area contributed by atoms with Gasteiger partial charge < -0.3 is 15.8 Å². The number of pyridine rings is 1. The molecule has 0 fully saturated rings. The highest BCUT2D eigenvalue weighted by Gasteiger charge is 2.11. The summed E-state index contributed by atoms with van der Waals surface area (Å²) in [5, 5.41) is 7.51. The van der Waals surface area contributed by atoms with Gasteiger partial charge >= 0.3 is 5.97 Å². The van der Waals surface area contributed by atoms with Crippen LogP contribution >= 0.6 is 0 Å². The van der Waals surface area contributed by atoms with Gasteiger partial charge in [-0.1, -0.05) is 6.92 Å². The van der Waals surface area contributed by atoms with E-state index < -0.39 is 5.97 Å². The molecule has 7 nitrogen and oxygen atoms in total. The summed E-state index contributed by atoms with van der Waals surface area (Å²) in [6.45, 7) is 2.59. The number of ether oxygens (including phenoxy) is 1. The Bertz CT molecular complexity index is 651. The maximum absolute atomic E-state index is 11.5. The first-order valence-corrected chi connectivity index (χ1v) is 6.65. The highest BCUT2D eigenvalue weighted by atomic mass is 16.5. The Labute approximate surface area is 123 Å². The van der Waals surface area contributed by atoms with Crippen molar-refractivity contribution in [2.24, 2.45) is 7.05 Å². The number of esters is 1. The smallest absolute Gasteiger partial charge is 0.356 e. The molecule has 2 aromatic heterocycles. The monoisotopic (exact) mass is 289 g/mol. The summed E-state index contributed by atoms with van der Waals surface area (Å²) >= 11 is 0. The molecule has 2 rings (SSSR count). The van der Waals surface area contributed by atoms with Crippen molar-refractivity contribution in [3.05, 3.63) is 35.3 Å². The fourth-order valence-electron chi connectivity index (χ4n) is 2.04. The second-order valence-corrected chi connectivity index (χ2v) is 4.61. The molecule has 21 heavy (non-hydrogen) atoms. The molecular weight excluding hydrogens is 270 g/mol. The van der Waals surface area contributed by atoms with E-state index in [0.717, 1.165) is 17.7 Å². The van der Waals surface area contributed by atoms with E-state index in [-0.39, 0.29) is 5.69 Å². The van der Waals surface area contributed by atoms with Crippen molar-refractivity contribution < 1.29 is 9.53 Å². The Morgan fingerprint density at radius 1 is 1.48 bits per heavy atom. The second-order valence-electron chi connectivity index (χ2n) is 4.61. The second kappa shape index (κ2) is 6.25. The van der Waals surface area contributed by atoms with Crippen LogP contribution in [0.3, 0.4) is 0 Å². The number of aromatic nitrogens is 3. The van der Waals surface area contributed by atoms with Gasteiger partial charge in [-0.2, -0.15) is 5.10 Å². The predicted octanol–water partition coefficient (Wildman–Crippen LogP) is 1.36. The number of anilines is 2. The normalized spacial score (nSPS) is 10.4. The molecule has 0 atom stereocenters. The molecule has 3 N–H and O–H groups in total. The average molecular weight is 289 g/mol. The lowest BCUT2D eigenvalue weighted by Crippen LogP contribution is -2.10. The Balaban J connectivity index is 2.17. The van der Waals surface area contributed by atoms with Gasteiger partial charge in [-0.3, -0.25) is 4.68 Å². The van der Waals surface area contributed by atoms with Crippen LogP contribution in [0.15, 0.2) is 18.3 Å². The number of hydrogen-bond donors (Lipinski definition) is 2. The molecule has 0 amide bonds. The molecule has 0 spiro atoms. The molecule has 0 aliphatic rings. The molecule has 2 aromatic rings. The number of nitrogens with zero attached hydrogens (tertiary/aromatic N) is 3. The third-order valence-corrected chi connectivity index (χ3v) is 3.09. The zero-order valence-electron chi connectivity index (χ0n) is 12.4. The van der Waals surface area contributed by atoms with E-state index in [4.69, 9.17) is 5.73 Å². The van der Waals surface area contributed by atoms with Crippen LogP contribution in [0, 0.1) is 0 Å². The topological polar surface area (TPSA) is 95.1 Å². The van der Waals surface area contributed by atoms with Crippen LogP contribution in [0.1, 0.15) is 28.7 Å². The molecule has 112 valence electrons. The Morgan fingerprint density at radius 3 is 2.90 bits per heavy atom. The number of rotatable bonds is 5. The summed E-state index contributed by atoms with van der Waals surface area (Å²) in [4.78, 5) is 15.7. The van der Waals surface area contributed by atoms with Crippen molar-refractivity contribution in [2.75, 3.05) is 18.2 Å². The molecule has 7 heteroatoms. The van der Waals surface area contributed by atoms with Gasteiger partial charge in [-0.05, 0) is 18.6 Å². The summed E-state index contributed by atoms with van der Waals surface area (Å²) in [5.41, 5.74) is 8.66. The fourth-order valence-corrected chi connectivity index (χ4v) is 2.04. The lowest BCUT2D eigenvalue weighted by molar-refractivity contribution is 0.0594. The van der Waals surface area contributed by atoms with E-state index in [1.54, 1.807) is 10.7 Å². The Hall–Kier alpha value is -2.57. The van der Waals surface area contributed by atoms with Crippen LogP contribution in [0.25, 0.3) is 0 Å². The van der Waals surface area contributed by atoms with Gasteiger partial charge in [0.25, 0.3) is 0 Å². The maximum atomic E-state index is 11.5. The number of nitrogen functional groups attached to an aromatic ring is 1. The van der Waals surface area contributed by atoms with E-state index in [1.807, 2.05) is 13.2 Å². The number of nitrogens with two attached hydrogens (primary N) is 1. The van der Waals surface area contributed by atoms with Gasteiger partial charge in [0.1, 0.15) is 5.82 Å². The molecule has 0 saturated carbocycles. The molecule has 0 aromatic carbocycles. The molecule has 0 saturated heterocycles. The van der Waals surface area contributed by atoms with Crippen molar-refractivity contribution in [1.82, 2.24) is 14.8 Å². The van der Waals surface area contributed by atoms with Crippen LogP contribution < -0.4 is 11.1 Å². The minimum atomic E-state index is -0.492. The molecule has 0 radical (unpaired) electrons. The Kier molecular flexibility index (Phi) is 4.42. The fraction of sp³-hybridized carbons (Fsp3) is 0.357. The minimum Gasteiger partial charge on any atom is -0.464 e. The summed E-state index contributed by atoms with van der Waals surface area (Å²) in [6.07, 6.45) is 2.80. The highest BCUT2D eigenvalue weighted by Crippen LogP contribution is 2.18. The van der Waals surface area contributed by atoms with Crippen LogP contribution in [0.4, 0.5) is 11.5 Å². The molecule has 2 heterocycles. The standard InChI is InChI=1S/C14H19N5O2/c1-4-11-9(8-19(2)18-11)7-16-13-10(15)5-6-12(17-13)14(20)21-3/h5-6,8H,4,7,15H2,1-3H3,(H,16,17). The molecule has 0 aliphatic heterocycles. The van der Waals surface area contributed by atoms with Gasteiger partial charge in [0.05, 0.1) is 18.5 Å². The lowest BCUT2D eigenvalue weighted by Gasteiger charge is -2.09. The SMILES string of the molecule is CCc1nn(C)cc1CNc1nc(C(=O)OC)ccc1N. The number of nitrogens with one attached hydrogen (secondary N) is 1. The molecule has 0 bridgehead atoms. The van der Waals surface area contributed by atoms with Crippen molar-refractivity contribution >= 4 is 17.5 Å². The first kappa shape index (κ1) is 14.8. The van der Waals surface area contributed by atoms with Crippen molar-refractivity contribution in [1.29, 1.82) is 0 Å². The van der Waals surface area contributed by atoms with Crippen LogP contribution in [-0.2, 0) is 24.8 Å². The molecule has 0 unspecified atom stereocenters. The number of aryl methyl sites for hydroxylation is 2. The van der Waals surface area contributed by atoms with Gasteiger partial charge in [0, 0.05) is 25.4 Å². The average Bonchev–Trinajstić information content (AvgIpc) is 2.85. The first-order chi connectivity index (χ1) is 10.0. The van der Waals surface area contributed by atoms with Gasteiger partial charge in [-0.15, -0.1) is 0 Å². The van der Waals surface area contributed by atoms with Gasteiger partial charge in [-0.25, -0.2) is 9.78 Å². The van der Waals surface area contributed by atoms with E-state index in [9.17, 15) is 4.79 Å². The number of methoxy groups -OCH3 is 1. The Morgan fingerprint density at radius 2 is 2.24 bits per heavy atom. The lowest BCUT2D eigenvalue weighted by atomic mass is 10.2. The number of hydrogen-bond acceptors (Lipinski definition) is 6. The predicted molar refractivity (Wildman–Crippen MR) is 79.9 cm³/mol. The minimum absolute atomic E-state index is 0.219. The van der Waals surface area contributed by atoms with E-state index in [0.29, 0.717) is 18.1 Å². The summed E-state index contributed by atoms with van der Waals surface area (Å²) in [7, 11) is 3.20. The van der Waals surface area contributed by atoms with Crippen molar-refractivity contribution in [3.63, 3.8) is 0 Å². The van der Waals surface area contributed by atoms with Crippen LogP contribution in [0.2, 0.25) is 0 Å². The van der Waals surface area contributed by atoms with Crippen LogP contribution in [-0.4, -0.2) is 27.8 Å². The zero-order chi connectivity index (χ0) is 15.4. The van der Waals surface area contributed by atoms with Crippen molar-refractivity contribution in [2.45, 2.75) is 19.9 Å². The number of carbonyl (C=O) groups is 1. The summed E-state index contributed by atoms with van der Waals surface area (Å²) in [5.74, 6) is -0.0301. The number of carbonyl (C=O) groups excluding carboxylic acids is 1. The van der Waals surface area contributed by atoms with Gasteiger partial charge in [0.15, 0.2) is 5.69 Å². The third kappa shape index (κ3) is 3.31.